The fraction of sp³-hybridized carbons (Fsp3) is 0.310. The minimum atomic E-state index is -0.867. The summed E-state index contributed by atoms with van der Waals surface area (Å²) in [6.07, 6.45) is 0.839. The number of fused-ring (bicyclic) bond motifs is 2. The van der Waals surface area contributed by atoms with E-state index >= 15 is 4.39 Å². The molecule has 0 spiro atoms. The van der Waals surface area contributed by atoms with E-state index in [0.717, 1.165) is 33.4 Å². The van der Waals surface area contributed by atoms with Crippen LogP contribution in [0.5, 0.6) is 17.2 Å². The van der Waals surface area contributed by atoms with E-state index in [1.54, 1.807) is 12.1 Å². The first kappa shape index (κ1) is 24.6. The summed E-state index contributed by atoms with van der Waals surface area (Å²) in [6.45, 7) is 4.04. The molecule has 0 radical (unpaired) electrons. The van der Waals surface area contributed by atoms with E-state index in [0.29, 0.717) is 42.3 Å². The van der Waals surface area contributed by atoms with Crippen LogP contribution in [0.1, 0.15) is 52.7 Å². The lowest BCUT2D eigenvalue weighted by atomic mass is 9.90. The molecule has 5 rings (SSSR count). The van der Waals surface area contributed by atoms with Gasteiger partial charge in [0.05, 0.1) is 13.0 Å². The number of rotatable bonds is 8. The third kappa shape index (κ3) is 4.83. The summed E-state index contributed by atoms with van der Waals surface area (Å²) in [5.74, 6) is -0.181. The van der Waals surface area contributed by atoms with E-state index in [4.69, 9.17) is 25.1 Å². The normalized spacial score (nSPS) is 17.6. The molecule has 2 aliphatic rings. The molecule has 192 valence electrons. The summed E-state index contributed by atoms with van der Waals surface area (Å²) in [5, 5.41) is 9.12. The molecule has 2 atom stereocenters. The molecule has 0 bridgehead atoms. The molecular weight excluding hydrogens is 477 g/mol. The Morgan fingerprint density at radius 1 is 1.11 bits per heavy atom. The largest absolute Gasteiger partial charge is 0.492 e. The van der Waals surface area contributed by atoms with Gasteiger partial charge in [-0.25, -0.2) is 4.39 Å². The summed E-state index contributed by atoms with van der Waals surface area (Å²) >= 11 is 0. The van der Waals surface area contributed by atoms with E-state index < -0.39 is 18.0 Å². The molecule has 0 saturated heterocycles. The Morgan fingerprint density at radius 3 is 2.57 bits per heavy atom. The Kier molecular flexibility index (Phi) is 6.50. The number of carboxylic acids is 1. The molecule has 1 heterocycles. The van der Waals surface area contributed by atoms with Gasteiger partial charge >= 0.3 is 5.97 Å². The number of halogens is 1. The highest BCUT2D eigenvalue weighted by atomic mass is 19.1. The minimum absolute atomic E-state index is 0.00821. The predicted octanol–water partition coefficient (Wildman–Crippen LogP) is 4.99. The zero-order valence-corrected chi connectivity index (χ0v) is 20.7. The fourth-order valence-corrected chi connectivity index (χ4v) is 5.49. The van der Waals surface area contributed by atoms with Crippen LogP contribution >= 0.6 is 0 Å². The zero-order chi connectivity index (χ0) is 26.3. The number of amides is 1. The lowest BCUT2D eigenvalue weighted by molar-refractivity contribution is -0.137. The number of benzene rings is 3. The van der Waals surface area contributed by atoms with Gasteiger partial charge in [0.1, 0.15) is 29.2 Å². The van der Waals surface area contributed by atoms with E-state index in [1.807, 2.05) is 38.1 Å². The number of hydrogen-bond acceptors (Lipinski definition) is 5. The van der Waals surface area contributed by atoms with Crippen LogP contribution in [0.2, 0.25) is 0 Å². The van der Waals surface area contributed by atoms with Crippen molar-refractivity contribution in [2.45, 2.75) is 45.1 Å². The number of carboxylic acid groups (broad SMARTS) is 1. The first-order valence-corrected chi connectivity index (χ1v) is 12.2. The average Bonchev–Trinajstić information content (AvgIpc) is 3.43. The van der Waals surface area contributed by atoms with Crippen LogP contribution in [0, 0.1) is 19.7 Å². The van der Waals surface area contributed by atoms with E-state index in [2.05, 4.69) is 0 Å². The summed E-state index contributed by atoms with van der Waals surface area (Å²) in [4.78, 5) is 22.2. The second kappa shape index (κ2) is 9.76. The van der Waals surface area contributed by atoms with Crippen LogP contribution in [0.15, 0.2) is 42.5 Å². The second-order valence-corrected chi connectivity index (χ2v) is 9.62. The van der Waals surface area contributed by atoms with Gasteiger partial charge in [0.15, 0.2) is 6.61 Å². The summed E-state index contributed by atoms with van der Waals surface area (Å²) in [6, 6.07) is 12.4. The number of primary amides is 1. The van der Waals surface area contributed by atoms with Crippen molar-refractivity contribution in [1.82, 2.24) is 0 Å². The van der Waals surface area contributed by atoms with E-state index in [1.165, 1.54) is 6.07 Å². The molecule has 1 aliphatic heterocycles. The van der Waals surface area contributed by atoms with Crippen LogP contribution in [-0.4, -0.2) is 30.2 Å². The van der Waals surface area contributed by atoms with Crippen molar-refractivity contribution < 1.29 is 33.3 Å². The molecule has 8 heteroatoms. The van der Waals surface area contributed by atoms with Crippen LogP contribution < -0.4 is 19.9 Å². The van der Waals surface area contributed by atoms with Gasteiger partial charge in [0.25, 0.3) is 5.91 Å². The maximum Gasteiger partial charge on any atom is 0.304 e. The minimum Gasteiger partial charge on any atom is -0.492 e. The molecule has 3 N–H and O–H groups in total. The standard InChI is InChI=1S/C29H28FNO6/c1-15-9-19(35-14-26(31)32)10-16(2)28(15)21-5-7-23(30)29-22(21)6-8-24(29)37-18-3-4-20-17(11-27(33)34)13-36-25(20)12-18/h3-5,7,9-10,12,17,24H,6,8,11,13-14H2,1-2H3,(H2,31,32)(H,33,34). The molecule has 1 amide bonds. The van der Waals surface area contributed by atoms with Crippen molar-refractivity contribution in [3.05, 3.63) is 76.1 Å². The van der Waals surface area contributed by atoms with Gasteiger partial charge < -0.3 is 25.1 Å². The van der Waals surface area contributed by atoms with Crippen molar-refractivity contribution in [1.29, 1.82) is 0 Å². The quantitative estimate of drug-likeness (QED) is 0.447. The van der Waals surface area contributed by atoms with Gasteiger partial charge in [0.2, 0.25) is 0 Å². The molecule has 2 unspecified atom stereocenters. The van der Waals surface area contributed by atoms with Crippen LogP contribution in [0.4, 0.5) is 4.39 Å². The third-order valence-corrected chi connectivity index (χ3v) is 7.00. The number of hydrogen-bond donors (Lipinski definition) is 2. The SMILES string of the molecule is Cc1cc(OCC(N)=O)cc(C)c1-c1ccc(F)c2c1CCC2Oc1ccc2c(c1)OCC2CC(=O)O. The number of ether oxygens (including phenoxy) is 3. The molecule has 0 fully saturated rings. The molecule has 0 saturated carbocycles. The highest BCUT2D eigenvalue weighted by Crippen LogP contribution is 2.45. The smallest absolute Gasteiger partial charge is 0.304 e. The van der Waals surface area contributed by atoms with Crippen LogP contribution in [0.25, 0.3) is 11.1 Å². The molecule has 0 aromatic heterocycles. The summed E-state index contributed by atoms with van der Waals surface area (Å²) < 4.78 is 32.6. The maximum atomic E-state index is 15.1. The lowest BCUT2D eigenvalue weighted by Crippen LogP contribution is -2.20. The Balaban J connectivity index is 1.42. The van der Waals surface area contributed by atoms with Crippen LogP contribution in [-0.2, 0) is 16.0 Å². The van der Waals surface area contributed by atoms with Crippen molar-refractivity contribution in [3.8, 4) is 28.4 Å². The highest BCUT2D eigenvalue weighted by Gasteiger charge is 2.32. The molecule has 1 aliphatic carbocycles. The van der Waals surface area contributed by atoms with Crippen molar-refractivity contribution in [2.24, 2.45) is 5.73 Å². The van der Waals surface area contributed by atoms with Crippen molar-refractivity contribution in [3.63, 3.8) is 0 Å². The first-order chi connectivity index (χ1) is 17.7. The number of nitrogens with two attached hydrogens (primary N) is 1. The molecular formula is C29H28FNO6. The van der Waals surface area contributed by atoms with Gasteiger partial charge in [-0.3, -0.25) is 9.59 Å². The fourth-order valence-electron chi connectivity index (χ4n) is 5.49. The maximum absolute atomic E-state index is 15.1. The summed E-state index contributed by atoms with van der Waals surface area (Å²) in [5.41, 5.74) is 11.4. The predicted molar refractivity (Wildman–Crippen MR) is 135 cm³/mol. The number of carbonyl (C=O) groups excluding carboxylic acids is 1. The summed E-state index contributed by atoms with van der Waals surface area (Å²) in [7, 11) is 0. The van der Waals surface area contributed by atoms with Gasteiger partial charge in [-0.05, 0) is 78.8 Å². The topological polar surface area (TPSA) is 108 Å². The first-order valence-electron chi connectivity index (χ1n) is 12.2. The Labute approximate surface area is 214 Å². The Bertz CT molecular complexity index is 1380. The van der Waals surface area contributed by atoms with E-state index in [-0.39, 0.29) is 24.8 Å². The van der Waals surface area contributed by atoms with E-state index in [9.17, 15) is 9.59 Å². The number of aryl methyl sites for hydroxylation is 2. The number of carbonyl (C=O) groups is 2. The molecule has 3 aromatic carbocycles. The third-order valence-electron chi connectivity index (χ3n) is 7.00. The highest BCUT2D eigenvalue weighted by molar-refractivity contribution is 5.77. The zero-order valence-electron chi connectivity index (χ0n) is 20.7. The lowest BCUT2D eigenvalue weighted by Gasteiger charge is -2.19. The van der Waals surface area contributed by atoms with Gasteiger partial charge in [-0.2, -0.15) is 0 Å². The van der Waals surface area contributed by atoms with Gasteiger partial charge in [-0.1, -0.05) is 12.1 Å². The van der Waals surface area contributed by atoms with Crippen molar-refractivity contribution in [2.75, 3.05) is 13.2 Å². The monoisotopic (exact) mass is 505 g/mol. The van der Waals surface area contributed by atoms with Crippen LogP contribution in [0.3, 0.4) is 0 Å². The number of aliphatic carboxylic acids is 1. The Hall–Kier alpha value is -4.07. The Morgan fingerprint density at radius 2 is 1.86 bits per heavy atom. The second-order valence-electron chi connectivity index (χ2n) is 9.62. The van der Waals surface area contributed by atoms with Gasteiger partial charge in [-0.15, -0.1) is 0 Å². The van der Waals surface area contributed by atoms with Crippen molar-refractivity contribution >= 4 is 11.9 Å². The molecule has 3 aromatic rings. The molecule has 7 nitrogen and oxygen atoms in total. The van der Waals surface area contributed by atoms with Gasteiger partial charge in [0, 0.05) is 23.1 Å². The molecule has 37 heavy (non-hydrogen) atoms. The average molecular weight is 506 g/mol.